The Kier molecular flexibility index (Phi) is 5.18. The SMILES string of the molecule is NC(=S)c1ccc(S(=O)(=O)N2CCOC(CO)C2)c(Cl)c1. The molecule has 2 rings (SSSR count). The number of nitrogens with two attached hydrogens (primary N) is 1. The lowest BCUT2D eigenvalue weighted by molar-refractivity contribution is -0.0304. The van der Waals surface area contributed by atoms with Gasteiger partial charge in [0.2, 0.25) is 10.0 Å². The van der Waals surface area contributed by atoms with Crippen molar-refractivity contribution in [2.75, 3.05) is 26.3 Å². The van der Waals surface area contributed by atoms with E-state index in [-0.39, 0.29) is 41.2 Å². The van der Waals surface area contributed by atoms with Gasteiger partial charge < -0.3 is 15.6 Å². The monoisotopic (exact) mass is 350 g/mol. The molecule has 1 aromatic rings. The van der Waals surface area contributed by atoms with Crippen molar-refractivity contribution in [3.05, 3.63) is 28.8 Å². The van der Waals surface area contributed by atoms with Crippen molar-refractivity contribution in [1.82, 2.24) is 4.31 Å². The summed E-state index contributed by atoms with van der Waals surface area (Å²) in [6, 6.07) is 4.33. The van der Waals surface area contributed by atoms with Gasteiger partial charge in [0.05, 0.1) is 24.3 Å². The Hall–Kier alpha value is -0.770. The van der Waals surface area contributed by atoms with Crippen LogP contribution in [-0.4, -0.2) is 55.2 Å². The Labute approximate surface area is 133 Å². The van der Waals surface area contributed by atoms with Crippen LogP contribution in [0.5, 0.6) is 0 Å². The Morgan fingerprint density at radius 3 is 2.86 bits per heavy atom. The minimum absolute atomic E-state index is 0.0113. The van der Waals surface area contributed by atoms with Crippen molar-refractivity contribution in [2.45, 2.75) is 11.0 Å². The van der Waals surface area contributed by atoms with Gasteiger partial charge in [0, 0.05) is 18.7 Å². The average molecular weight is 351 g/mol. The molecule has 6 nitrogen and oxygen atoms in total. The van der Waals surface area contributed by atoms with E-state index in [4.69, 9.17) is 39.4 Å². The van der Waals surface area contributed by atoms with Gasteiger partial charge in [-0.05, 0) is 12.1 Å². The molecular weight excluding hydrogens is 336 g/mol. The summed E-state index contributed by atoms with van der Waals surface area (Å²) in [5, 5.41) is 9.16. The van der Waals surface area contributed by atoms with Gasteiger partial charge in [-0.25, -0.2) is 8.42 Å². The van der Waals surface area contributed by atoms with Gasteiger partial charge in [0.25, 0.3) is 0 Å². The van der Waals surface area contributed by atoms with Crippen LogP contribution < -0.4 is 5.73 Å². The van der Waals surface area contributed by atoms with E-state index in [2.05, 4.69) is 0 Å². The second-order valence-electron chi connectivity index (χ2n) is 4.55. The lowest BCUT2D eigenvalue weighted by Gasteiger charge is -2.31. The number of ether oxygens (including phenoxy) is 1. The van der Waals surface area contributed by atoms with E-state index in [1.807, 2.05) is 0 Å². The maximum Gasteiger partial charge on any atom is 0.244 e. The van der Waals surface area contributed by atoms with E-state index in [1.54, 1.807) is 0 Å². The first-order chi connectivity index (χ1) is 9.86. The van der Waals surface area contributed by atoms with Crippen LogP contribution in [0.4, 0.5) is 0 Å². The third-order valence-electron chi connectivity index (χ3n) is 3.14. The molecule has 1 aromatic carbocycles. The van der Waals surface area contributed by atoms with Crippen LogP contribution in [0.15, 0.2) is 23.1 Å². The van der Waals surface area contributed by atoms with Crippen molar-refractivity contribution in [2.24, 2.45) is 5.73 Å². The van der Waals surface area contributed by atoms with Crippen LogP contribution in [0.3, 0.4) is 0 Å². The normalized spacial score (nSPS) is 20.4. The van der Waals surface area contributed by atoms with E-state index in [0.717, 1.165) is 0 Å². The fourth-order valence-corrected chi connectivity index (χ4v) is 4.12. The molecule has 116 valence electrons. The smallest absolute Gasteiger partial charge is 0.244 e. The van der Waals surface area contributed by atoms with Crippen LogP contribution in [0.25, 0.3) is 0 Å². The summed E-state index contributed by atoms with van der Waals surface area (Å²) < 4.78 is 31.7. The number of benzene rings is 1. The van der Waals surface area contributed by atoms with E-state index in [0.29, 0.717) is 5.56 Å². The molecule has 1 aliphatic heterocycles. The molecule has 1 unspecified atom stereocenters. The van der Waals surface area contributed by atoms with Crippen LogP contribution >= 0.6 is 23.8 Å². The number of halogens is 1. The van der Waals surface area contributed by atoms with Gasteiger partial charge in [-0.15, -0.1) is 0 Å². The molecule has 1 fully saturated rings. The molecule has 21 heavy (non-hydrogen) atoms. The highest BCUT2D eigenvalue weighted by molar-refractivity contribution is 7.89. The topological polar surface area (TPSA) is 92.9 Å². The van der Waals surface area contributed by atoms with Gasteiger partial charge in [0.15, 0.2) is 0 Å². The maximum atomic E-state index is 12.6. The zero-order valence-corrected chi connectivity index (χ0v) is 13.4. The fourth-order valence-electron chi connectivity index (χ4n) is 2.02. The lowest BCUT2D eigenvalue weighted by Crippen LogP contribution is -2.46. The number of aliphatic hydroxyl groups is 1. The summed E-state index contributed by atoms with van der Waals surface area (Å²) in [7, 11) is -3.75. The summed E-state index contributed by atoms with van der Waals surface area (Å²) in [6.07, 6.45) is -0.525. The number of hydrogen-bond donors (Lipinski definition) is 2. The molecular formula is C12H15ClN2O4S2. The number of aliphatic hydroxyl groups excluding tert-OH is 1. The number of morpholine rings is 1. The largest absolute Gasteiger partial charge is 0.394 e. The van der Waals surface area contributed by atoms with Crippen LogP contribution in [0, 0.1) is 0 Å². The summed E-state index contributed by atoms with van der Waals surface area (Å²) in [5.74, 6) is 0. The minimum Gasteiger partial charge on any atom is -0.394 e. The second-order valence-corrected chi connectivity index (χ2v) is 7.30. The summed E-state index contributed by atoms with van der Waals surface area (Å²) >= 11 is 10.9. The van der Waals surface area contributed by atoms with Gasteiger partial charge in [-0.3, -0.25) is 0 Å². The molecule has 0 spiro atoms. The highest BCUT2D eigenvalue weighted by atomic mass is 35.5. The standard InChI is InChI=1S/C12H15ClN2O4S2/c13-10-5-8(12(14)20)1-2-11(10)21(17,18)15-3-4-19-9(6-15)7-16/h1-2,5,9,16H,3-4,6-7H2,(H2,14,20). The molecule has 0 amide bonds. The van der Waals surface area contributed by atoms with Gasteiger partial charge >= 0.3 is 0 Å². The van der Waals surface area contributed by atoms with Gasteiger partial charge in [-0.2, -0.15) is 4.31 Å². The lowest BCUT2D eigenvalue weighted by atomic mass is 10.2. The van der Waals surface area contributed by atoms with E-state index in [9.17, 15) is 8.42 Å². The van der Waals surface area contributed by atoms with Crippen molar-refractivity contribution in [1.29, 1.82) is 0 Å². The van der Waals surface area contributed by atoms with E-state index >= 15 is 0 Å². The maximum absolute atomic E-state index is 12.6. The Balaban J connectivity index is 2.33. The number of sulfonamides is 1. The van der Waals surface area contributed by atoms with Crippen molar-refractivity contribution >= 4 is 38.8 Å². The summed E-state index contributed by atoms with van der Waals surface area (Å²) in [4.78, 5) is 0.135. The predicted octanol–water partition coefficient (Wildman–Crippen LogP) is 0.356. The number of rotatable bonds is 4. The van der Waals surface area contributed by atoms with E-state index in [1.165, 1.54) is 22.5 Å². The minimum atomic E-state index is -3.75. The van der Waals surface area contributed by atoms with Crippen LogP contribution in [0.1, 0.15) is 5.56 Å². The summed E-state index contributed by atoms with van der Waals surface area (Å²) in [6.45, 7) is 0.297. The molecule has 0 radical (unpaired) electrons. The number of thiocarbonyl (C=S) groups is 1. The first kappa shape index (κ1) is 16.6. The van der Waals surface area contributed by atoms with Crippen LogP contribution in [-0.2, 0) is 14.8 Å². The van der Waals surface area contributed by atoms with Crippen molar-refractivity contribution < 1.29 is 18.3 Å². The molecule has 0 aliphatic carbocycles. The van der Waals surface area contributed by atoms with E-state index < -0.39 is 16.1 Å². The zero-order valence-electron chi connectivity index (χ0n) is 11.0. The number of nitrogens with zero attached hydrogens (tertiary/aromatic N) is 1. The molecule has 3 N–H and O–H groups in total. The van der Waals surface area contributed by atoms with Gasteiger partial charge in [-0.1, -0.05) is 29.9 Å². The predicted molar refractivity (Wildman–Crippen MR) is 82.9 cm³/mol. The third-order valence-corrected chi connectivity index (χ3v) is 5.72. The zero-order chi connectivity index (χ0) is 15.6. The fraction of sp³-hybridized carbons (Fsp3) is 0.417. The molecule has 1 atom stereocenters. The van der Waals surface area contributed by atoms with Crippen molar-refractivity contribution in [3.63, 3.8) is 0 Å². The Morgan fingerprint density at radius 2 is 2.29 bits per heavy atom. The molecule has 0 aromatic heterocycles. The van der Waals surface area contributed by atoms with Crippen molar-refractivity contribution in [3.8, 4) is 0 Å². The quantitative estimate of drug-likeness (QED) is 0.761. The first-order valence-corrected chi connectivity index (χ1v) is 8.41. The van der Waals surface area contributed by atoms with Gasteiger partial charge in [0.1, 0.15) is 9.88 Å². The molecule has 9 heteroatoms. The Morgan fingerprint density at radius 1 is 1.57 bits per heavy atom. The summed E-state index contributed by atoms with van der Waals surface area (Å²) in [5.41, 5.74) is 5.99. The Bertz CT molecular complexity index is 651. The molecule has 0 saturated carbocycles. The van der Waals surface area contributed by atoms with Crippen LogP contribution in [0.2, 0.25) is 5.02 Å². The third kappa shape index (κ3) is 3.53. The average Bonchev–Trinajstić information content (AvgIpc) is 2.46. The molecule has 1 aliphatic rings. The highest BCUT2D eigenvalue weighted by Crippen LogP contribution is 2.27. The molecule has 1 saturated heterocycles. The first-order valence-electron chi connectivity index (χ1n) is 6.18. The second kappa shape index (κ2) is 6.55. The number of hydrogen-bond acceptors (Lipinski definition) is 5. The molecule has 0 bridgehead atoms. The molecule has 1 heterocycles. The highest BCUT2D eigenvalue weighted by Gasteiger charge is 2.32.